The number of halogens is 4. The molecule has 2 heterocycles. The SMILES string of the molecule is Nc1ncc(-c2cccc(CNC(=O)Nc3ccc(Cl)c(C(F)(F)F)c3)c2)nc1C(=O)NC1CCCNC1. The molecule has 9 nitrogen and oxygen atoms in total. The minimum absolute atomic E-state index is 0.0143. The number of hydrogen-bond acceptors (Lipinski definition) is 6. The Morgan fingerprint density at radius 1 is 1.18 bits per heavy atom. The van der Waals surface area contributed by atoms with Crippen LogP contribution in [0.1, 0.15) is 34.5 Å². The van der Waals surface area contributed by atoms with Gasteiger partial charge in [0.05, 0.1) is 22.5 Å². The van der Waals surface area contributed by atoms with E-state index in [2.05, 4.69) is 31.2 Å². The zero-order chi connectivity index (χ0) is 27.3. The van der Waals surface area contributed by atoms with Crippen LogP contribution in [-0.4, -0.2) is 41.0 Å². The maximum Gasteiger partial charge on any atom is 0.417 e. The lowest BCUT2D eigenvalue weighted by molar-refractivity contribution is -0.137. The molecule has 38 heavy (non-hydrogen) atoms. The lowest BCUT2D eigenvalue weighted by atomic mass is 10.1. The number of nitrogen functional groups attached to an aromatic ring is 1. The van der Waals surface area contributed by atoms with Crippen molar-refractivity contribution in [3.05, 3.63) is 70.5 Å². The van der Waals surface area contributed by atoms with Crippen LogP contribution in [0.4, 0.5) is 29.5 Å². The standard InChI is InChI=1S/C25H25ClF3N7O2/c26-19-7-6-16(10-18(19)25(27,28)29)35-24(38)33-11-14-3-1-4-15(9-14)20-13-32-22(30)21(36-20)23(37)34-17-5-2-8-31-12-17/h1,3-4,6-7,9-10,13,17,31H,2,5,8,11-12H2,(H2,30,32)(H,34,37)(H2,33,35,38). The summed E-state index contributed by atoms with van der Waals surface area (Å²) in [5.74, 6) is -0.392. The highest BCUT2D eigenvalue weighted by molar-refractivity contribution is 6.31. The summed E-state index contributed by atoms with van der Waals surface area (Å²) < 4.78 is 39.2. The normalized spacial score (nSPS) is 15.5. The van der Waals surface area contributed by atoms with Gasteiger partial charge in [-0.2, -0.15) is 13.2 Å². The van der Waals surface area contributed by atoms with E-state index in [1.807, 2.05) is 0 Å². The first-order valence-electron chi connectivity index (χ1n) is 11.7. The number of rotatable bonds is 6. The van der Waals surface area contributed by atoms with Crippen molar-refractivity contribution in [1.82, 2.24) is 25.9 Å². The summed E-state index contributed by atoms with van der Waals surface area (Å²) in [5, 5.41) is 10.6. The van der Waals surface area contributed by atoms with Gasteiger partial charge in [-0.3, -0.25) is 4.79 Å². The van der Waals surface area contributed by atoms with Crippen LogP contribution in [0.3, 0.4) is 0 Å². The molecule has 3 amide bonds. The fraction of sp³-hybridized carbons (Fsp3) is 0.280. The number of alkyl halides is 3. The Labute approximate surface area is 221 Å². The Balaban J connectivity index is 1.41. The van der Waals surface area contributed by atoms with Crippen LogP contribution in [0.25, 0.3) is 11.3 Å². The lowest BCUT2D eigenvalue weighted by Crippen LogP contribution is -2.46. The van der Waals surface area contributed by atoms with Gasteiger partial charge in [-0.1, -0.05) is 29.8 Å². The molecule has 2 aromatic carbocycles. The molecule has 0 spiro atoms. The van der Waals surface area contributed by atoms with E-state index >= 15 is 0 Å². The minimum Gasteiger partial charge on any atom is -0.382 e. The summed E-state index contributed by atoms with van der Waals surface area (Å²) in [6.07, 6.45) is -1.38. The summed E-state index contributed by atoms with van der Waals surface area (Å²) in [4.78, 5) is 33.6. The maximum atomic E-state index is 13.1. The average Bonchev–Trinajstić information content (AvgIpc) is 2.89. The topological polar surface area (TPSA) is 134 Å². The molecule has 13 heteroatoms. The third kappa shape index (κ3) is 6.90. The number of aromatic nitrogens is 2. The van der Waals surface area contributed by atoms with Gasteiger partial charge in [0.1, 0.15) is 0 Å². The number of carbonyl (C=O) groups is 2. The van der Waals surface area contributed by atoms with Crippen molar-refractivity contribution in [3.63, 3.8) is 0 Å². The molecule has 200 valence electrons. The Morgan fingerprint density at radius 2 is 2.00 bits per heavy atom. The third-order valence-electron chi connectivity index (χ3n) is 5.85. The van der Waals surface area contributed by atoms with Crippen molar-refractivity contribution in [2.45, 2.75) is 31.6 Å². The number of piperidine rings is 1. The minimum atomic E-state index is -4.65. The fourth-order valence-corrected chi connectivity index (χ4v) is 4.18. The molecule has 0 radical (unpaired) electrons. The van der Waals surface area contributed by atoms with Gasteiger partial charge in [-0.15, -0.1) is 0 Å². The number of nitrogens with two attached hydrogens (primary N) is 1. The monoisotopic (exact) mass is 547 g/mol. The Morgan fingerprint density at radius 3 is 2.74 bits per heavy atom. The molecule has 4 rings (SSSR count). The van der Waals surface area contributed by atoms with Crippen LogP contribution in [0.2, 0.25) is 5.02 Å². The quantitative estimate of drug-likeness (QED) is 0.314. The number of nitrogens with one attached hydrogen (secondary N) is 4. The van der Waals surface area contributed by atoms with Gasteiger partial charge in [-0.25, -0.2) is 14.8 Å². The van der Waals surface area contributed by atoms with E-state index in [1.165, 1.54) is 12.3 Å². The van der Waals surface area contributed by atoms with Gasteiger partial charge in [0.25, 0.3) is 5.91 Å². The Bertz CT molecular complexity index is 1330. The van der Waals surface area contributed by atoms with Gasteiger partial charge >= 0.3 is 12.2 Å². The van der Waals surface area contributed by atoms with E-state index < -0.39 is 28.7 Å². The van der Waals surface area contributed by atoms with Crippen molar-refractivity contribution in [2.75, 3.05) is 24.1 Å². The molecule has 1 atom stereocenters. The summed E-state index contributed by atoms with van der Waals surface area (Å²) >= 11 is 5.61. The summed E-state index contributed by atoms with van der Waals surface area (Å²) in [6.45, 7) is 1.66. The molecule has 1 aromatic heterocycles. The molecule has 1 fully saturated rings. The van der Waals surface area contributed by atoms with Gasteiger partial charge < -0.3 is 27.0 Å². The van der Waals surface area contributed by atoms with E-state index in [-0.39, 0.29) is 29.8 Å². The molecule has 0 saturated carbocycles. The number of nitrogens with zero attached hydrogens (tertiary/aromatic N) is 2. The summed E-state index contributed by atoms with van der Waals surface area (Å²) in [5.41, 5.74) is 6.58. The van der Waals surface area contributed by atoms with Crippen molar-refractivity contribution < 1.29 is 22.8 Å². The highest BCUT2D eigenvalue weighted by atomic mass is 35.5. The largest absolute Gasteiger partial charge is 0.417 e. The molecular weight excluding hydrogens is 523 g/mol. The van der Waals surface area contributed by atoms with Crippen molar-refractivity contribution in [3.8, 4) is 11.3 Å². The van der Waals surface area contributed by atoms with Crippen LogP contribution in [0.5, 0.6) is 0 Å². The number of carbonyl (C=O) groups excluding carboxylic acids is 2. The predicted molar refractivity (Wildman–Crippen MR) is 138 cm³/mol. The summed E-state index contributed by atoms with van der Waals surface area (Å²) in [7, 11) is 0. The maximum absolute atomic E-state index is 13.1. The van der Waals surface area contributed by atoms with Gasteiger partial charge in [0.2, 0.25) is 0 Å². The van der Waals surface area contributed by atoms with Crippen LogP contribution in [0.15, 0.2) is 48.7 Å². The molecule has 1 aliphatic heterocycles. The number of hydrogen-bond donors (Lipinski definition) is 5. The molecule has 6 N–H and O–H groups in total. The first-order chi connectivity index (χ1) is 18.1. The molecule has 3 aromatic rings. The summed E-state index contributed by atoms with van der Waals surface area (Å²) in [6, 6.07) is 9.39. The van der Waals surface area contributed by atoms with E-state index in [0.717, 1.165) is 31.5 Å². The van der Waals surface area contributed by atoms with Crippen LogP contribution < -0.4 is 27.0 Å². The van der Waals surface area contributed by atoms with Crippen LogP contribution in [0, 0.1) is 0 Å². The average molecular weight is 548 g/mol. The number of amides is 3. The predicted octanol–water partition coefficient (Wildman–Crippen LogP) is 4.20. The Hall–Kier alpha value is -3.90. The van der Waals surface area contributed by atoms with Gasteiger partial charge in [-0.05, 0) is 49.2 Å². The van der Waals surface area contributed by atoms with E-state index in [1.54, 1.807) is 24.3 Å². The number of benzene rings is 2. The van der Waals surface area contributed by atoms with Crippen molar-refractivity contribution in [2.24, 2.45) is 0 Å². The zero-order valence-corrected chi connectivity index (χ0v) is 20.8. The van der Waals surface area contributed by atoms with Crippen LogP contribution in [-0.2, 0) is 12.7 Å². The van der Waals surface area contributed by atoms with E-state index in [4.69, 9.17) is 17.3 Å². The number of urea groups is 1. The van der Waals surface area contributed by atoms with Crippen molar-refractivity contribution >= 4 is 35.0 Å². The molecular formula is C25H25ClF3N7O2. The second-order valence-electron chi connectivity index (χ2n) is 8.71. The first-order valence-corrected chi connectivity index (χ1v) is 12.1. The van der Waals surface area contributed by atoms with Gasteiger partial charge in [0, 0.05) is 30.4 Å². The van der Waals surface area contributed by atoms with Crippen LogP contribution >= 0.6 is 11.6 Å². The molecule has 1 saturated heterocycles. The smallest absolute Gasteiger partial charge is 0.382 e. The molecule has 0 bridgehead atoms. The highest BCUT2D eigenvalue weighted by Gasteiger charge is 2.33. The fourth-order valence-electron chi connectivity index (χ4n) is 3.95. The third-order valence-corrected chi connectivity index (χ3v) is 6.18. The highest BCUT2D eigenvalue weighted by Crippen LogP contribution is 2.36. The van der Waals surface area contributed by atoms with E-state index in [0.29, 0.717) is 23.4 Å². The lowest BCUT2D eigenvalue weighted by Gasteiger charge is -2.23. The second-order valence-corrected chi connectivity index (χ2v) is 9.11. The van der Waals surface area contributed by atoms with Gasteiger partial charge in [0.15, 0.2) is 11.5 Å². The first kappa shape index (κ1) is 27.1. The molecule has 0 aliphatic carbocycles. The molecule has 1 unspecified atom stereocenters. The zero-order valence-electron chi connectivity index (χ0n) is 20.0. The van der Waals surface area contributed by atoms with Crippen molar-refractivity contribution in [1.29, 1.82) is 0 Å². The second kappa shape index (κ2) is 11.7. The molecule has 1 aliphatic rings. The Kier molecular flexibility index (Phi) is 8.32. The van der Waals surface area contributed by atoms with E-state index in [9.17, 15) is 22.8 Å². The number of anilines is 2.